The maximum Gasteiger partial charge on any atom is 0.191 e. The van der Waals surface area contributed by atoms with Crippen molar-refractivity contribution in [1.82, 2.24) is 30.1 Å². The summed E-state index contributed by atoms with van der Waals surface area (Å²) in [4.78, 5) is 7.09. The first-order chi connectivity index (χ1) is 12.3. The van der Waals surface area contributed by atoms with Crippen molar-refractivity contribution in [2.75, 3.05) is 32.7 Å². The summed E-state index contributed by atoms with van der Waals surface area (Å²) < 4.78 is 1.97. The Balaban J connectivity index is 0.00000338. The number of fused-ring (bicyclic) bond motifs is 1. The minimum Gasteiger partial charge on any atom is -0.357 e. The number of unbranched alkanes of at least 4 members (excludes halogenated alkanes) is 1. The second kappa shape index (κ2) is 12.9. The van der Waals surface area contributed by atoms with Gasteiger partial charge in [-0.3, -0.25) is 4.40 Å². The fourth-order valence-electron chi connectivity index (χ4n) is 2.70. The molecule has 7 nitrogen and oxygen atoms in total. The number of hydrogen-bond donors (Lipinski definition) is 2. The molecular formula is C18H32IN7. The third-order valence-corrected chi connectivity index (χ3v) is 4.20. The molecule has 0 amide bonds. The summed E-state index contributed by atoms with van der Waals surface area (Å²) in [5.74, 6) is 1.67. The number of pyridine rings is 1. The lowest BCUT2D eigenvalue weighted by Crippen LogP contribution is -2.38. The number of guanidine groups is 1. The largest absolute Gasteiger partial charge is 0.357 e. The third kappa shape index (κ3) is 7.06. The molecule has 0 fully saturated rings. The molecule has 0 radical (unpaired) electrons. The number of nitrogens with one attached hydrogen (secondary N) is 2. The average Bonchev–Trinajstić information content (AvgIpc) is 3.06. The Kier molecular flexibility index (Phi) is 11.2. The van der Waals surface area contributed by atoms with Gasteiger partial charge in [-0.2, -0.15) is 0 Å². The van der Waals surface area contributed by atoms with Gasteiger partial charge in [0.15, 0.2) is 17.4 Å². The number of halogens is 1. The summed E-state index contributed by atoms with van der Waals surface area (Å²) in [6.07, 6.45) is 4.30. The molecule has 0 bridgehead atoms. The Bertz CT molecular complexity index is 652. The second-order valence-corrected chi connectivity index (χ2v) is 5.90. The highest BCUT2D eigenvalue weighted by Gasteiger charge is 2.04. The third-order valence-electron chi connectivity index (χ3n) is 4.20. The van der Waals surface area contributed by atoms with Gasteiger partial charge in [-0.25, -0.2) is 4.99 Å². The highest BCUT2D eigenvalue weighted by molar-refractivity contribution is 14.0. The molecule has 2 N–H and O–H groups in total. The van der Waals surface area contributed by atoms with Gasteiger partial charge >= 0.3 is 0 Å². The summed E-state index contributed by atoms with van der Waals surface area (Å²) in [6, 6.07) is 5.88. The lowest BCUT2D eigenvalue weighted by atomic mass is 10.3. The quantitative estimate of drug-likeness (QED) is 0.240. The van der Waals surface area contributed by atoms with Crippen molar-refractivity contribution in [3.63, 3.8) is 0 Å². The van der Waals surface area contributed by atoms with Gasteiger partial charge in [0, 0.05) is 19.3 Å². The van der Waals surface area contributed by atoms with Crippen LogP contribution in [-0.4, -0.2) is 58.2 Å². The van der Waals surface area contributed by atoms with Crippen LogP contribution in [0.3, 0.4) is 0 Å². The summed E-state index contributed by atoms with van der Waals surface area (Å²) in [6.45, 7) is 12.2. The van der Waals surface area contributed by atoms with Gasteiger partial charge in [-0.1, -0.05) is 19.9 Å². The number of nitrogens with zero attached hydrogens (tertiary/aromatic N) is 5. The van der Waals surface area contributed by atoms with E-state index in [-0.39, 0.29) is 24.0 Å². The number of aliphatic imine (C=N–C) groups is 1. The van der Waals surface area contributed by atoms with Crippen LogP contribution in [-0.2, 0) is 6.54 Å². The van der Waals surface area contributed by atoms with E-state index in [4.69, 9.17) is 0 Å². The Morgan fingerprint density at radius 3 is 2.65 bits per heavy atom. The number of aromatic nitrogens is 3. The van der Waals surface area contributed by atoms with E-state index < -0.39 is 0 Å². The molecule has 0 saturated carbocycles. The molecule has 146 valence electrons. The van der Waals surface area contributed by atoms with Crippen molar-refractivity contribution in [2.24, 2.45) is 4.99 Å². The first kappa shape index (κ1) is 22.6. The van der Waals surface area contributed by atoms with E-state index in [0.717, 1.165) is 56.6 Å². The summed E-state index contributed by atoms with van der Waals surface area (Å²) in [7, 11) is 0. The van der Waals surface area contributed by atoms with E-state index >= 15 is 0 Å². The first-order valence-electron chi connectivity index (χ1n) is 9.31. The maximum atomic E-state index is 4.63. The first-order valence-corrected chi connectivity index (χ1v) is 9.31. The van der Waals surface area contributed by atoms with Crippen molar-refractivity contribution >= 4 is 35.6 Å². The Hall–Kier alpha value is -1.42. The van der Waals surface area contributed by atoms with E-state index in [1.54, 1.807) is 0 Å². The van der Waals surface area contributed by atoms with Crippen LogP contribution >= 0.6 is 24.0 Å². The highest BCUT2D eigenvalue weighted by Crippen LogP contribution is 2.03. The van der Waals surface area contributed by atoms with Crippen LogP contribution in [0.5, 0.6) is 0 Å². The lowest BCUT2D eigenvalue weighted by Gasteiger charge is -2.17. The molecule has 0 aromatic carbocycles. The van der Waals surface area contributed by atoms with Crippen molar-refractivity contribution in [1.29, 1.82) is 0 Å². The van der Waals surface area contributed by atoms with E-state index in [1.807, 2.05) is 28.8 Å². The molecule has 0 atom stereocenters. The fraction of sp³-hybridized carbons (Fsp3) is 0.611. The standard InChI is InChI=1S/C18H31N7.HI/c1-4-19-18(20-12-8-10-13-24(5-2)6-3)21-15-17-23-22-16-11-7-9-14-25(16)17;/h7,9,11,14H,4-6,8,10,12-13,15H2,1-3H3,(H2,19,20,21);1H. The summed E-state index contributed by atoms with van der Waals surface area (Å²) in [5.41, 5.74) is 0.849. The minimum atomic E-state index is 0. The Morgan fingerprint density at radius 2 is 1.92 bits per heavy atom. The zero-order valence-corrected chi connectivity index (χ0v) is 18.4. The van der Waals surface area contributed by atoms with Crippen LogP contribution in [0.25, 0.3) is 5.65 Å². The second-order valence-electron chi connectivity index (χ2n) is 5.90. The number of rotatable bonds is 10. The predicted molar refractivity (Wildman–Crippen MR) is 118 cm³/mol. The van der Waals surface area contributed by atoms with Gasteiger partial charge in [-0.05, 0) is 51.5 Å². The Labute approximate surface area is 173 Å². The van der Waals surface area contributed by atoms with Crippen LogP contribution in [0.2, 0.25) is 0 Å². The highest BCUT2D eigenvalue weighted by atomic mass is 127. The Morgan fingerprint density at radius 1 is 1.12 bits per heavy atom. The monoisotopic (exact) mass is 473 g/mol. The van der Waals surface area contributed by atoms with Crippen molar-refractivity contribution in [3.8, 4) is 0 Å². The average molecular weight is 473 g/mol. The van der Waals surface area contributed by atoms with Gasteiger partial charge in [0.2, 0.25) is 0 Å². The molecule has 2 heterocycles. The predicted octanol–water partition coefficient (Wildman–Crippen LogP) is 2.52. The van der Waals surface area contributed by atoms with E-state index in [0.29, 0.717) is 6.54 Å². The molecule has 8 heteroatoms. The molecule has 0 aliphatic rings. The van der Waals surface area contributed by atoms with E-state index in [2.05, 4.69) is 51.5 Å². The SMILES string of the molecule is CCNC(=NCc1nnc2ccccn12)NCCCCN(CC)CC.I. The molecule has 0 aliphatic heterocycles. The zero-order chi connectivity index (χ0) is 17.9. The molecule has 0 saturated heterocycles. The molecule has 0 unspecified atom stereocenters. The van der Waals surface area contributed by atoms with Gasteiger partial charge in [0.1, 0.15) is 6.54 Å². The van der Waals surface area contributed by atoms with E-state index in [9.17, 15) is 0 Å². The van der Waals surface area contributed by atoms with Gasteiger partial charge in [0.25, 0.3) is 0 Å². The normalized spacial score (nSPS) is 11.6. The van der Waals surface area contributed by atoms with Gasteiger partial charge < -0.3 is 15.5 Å². The molecule has 2 aromatic rings. The van der Waals surface area contributed by atoms with Crippen LogP contribution in [0.15, 0.2) is 29.4 Å². The molecular weight excluding hydrogens is 441 g/mol. The van der Waals surface area contributed by atoms with Crippen LogP contribution in [0.1, 0.15) is 39.4 Å². The zero-order valence-electron chi connectivity index (χ0n) is 16.1. The molecule has 0 spiro atoms. The smallest absolute Gasteiger partial charge is 0.191 e. The molecule has 0 aliphatic carbocycles. The maximum absolute atomic E-state index is 4.63. The van der Waals surface area contributed by atoms with Crippen molar-refractivity contribution < 1.29 is 0 Å². The van der Waals surface area contributed by atoms with E-state index in [1.165, 1.54) is 6.42 Å². The fourth-order valence-corrected chi connectivity index (χ4v) is 2.70. The number of hydrogen-bond acceptors (Lipinski definition) is 4. The van der Waals surface area contributed by atoms with Gasteiger partial charge in [-0.15, -0.1) is 34.2 Å². The van der Waals surface area contributed by atoms with Crippen molar-refractivity contribution in [3.05, 3.63) is 30.2 Å². The van der Waals surface area contributed by atoms with Crippen LogP contribution in [0.4, 0.5) is 0 Å². The van der Waals surface area contributed by atoms with Crippen LogP contribution in [0, 0.1) is 0 Å². The van der Waals surface area contributed by atoms with Gasteiger partial charge in [0.05, 0.1) is 0 Å². The van der Waals surface area contributed by atoms with Crippen molar-refractivity contribution in [2.45, 2.75) is 40.2 Å². The summed E-state index contributed by atoms with van der Waals surface area (Å²) >= 11 is 0. The molecule has 26 heavy (non-hydrogen) atoms. The minimum absolute atomic E-state index is 0. The molecule has 2 rings (SSSR count). The summed E-state index contributed by atoms with van der Waals surface area (Å²) in [5, 5.41) is 15.1. The van der Waals surface area contributed by atoms with Crippen LogP contribution < -0.4 is 10.6 Å². The lowest BCUT2D eigenvalue weighted by molar-refractivity contribution is 0.297. The molecule has 2 aromatic heterocycles. The topological polar surface area (TPSA) is 69.8 Å².